The molecule has 0 saturated carbocycles. The predicted octanol–water partition coefficient (Wildman–Crippen LogP) is 0.113. The Morgan fingerprint density at radius 2 is 1.83 bits per heavy atom. The molecular weight excluding hydrogens is 230 g/mol. The third-order valence-electron chi connectivity index (χ3n) is 2.63. The van der Waals surface area contributed by atoms with Gasteiger partial charge >= 0.3 is 0 Å². The molecule has 1 unspecified atom stereocenters. The van der Waals surface area contributed by atoms with Crippen LogP contribution in [0.1, 0.15) is 19.4 Å². The van der Waals surface area contributed by atoms with Gasteiger partial charge in [0.1, 0.15) is 5.54 Å². The van der Waals surface area contributed by atoms with Crippen LogP contribution in [0.5, 0.6) is 0 Å². The highest BCUT2D eigenvalue weighted by atomic mass is 16.2. The molecule has 0 spiro atoms. The molecule has 1 rings (SSSR count). The van der Waals surface area contributed by atoms with E-state index in [4.69, 9.17) is 5.73 Å². The normalized spacial score (nSPS) is 13.5. The minimum absolute atomic E-state index is 0.0632. The molecule has 0 bridgehead atoms. The molecule has 0 radical (unpaired) electrons. The summed E-state index contributed by atoms with van der Waals surface area (Å²) < 4.78 is 0. The molecule has 18 heavy (non-hydrogen) atoms. The van der Waals surface area contributed by atoms with Crippen molar-refractivity contribution in [1.82, 2.24) is 10.6 Å². The van der Waals surface area contributed by atoms with Crippen LogP contribution >= 0.6 is 0 Å². The number of nitrogens with two attached hydrogens (primary N) is 1. The zero-order valence-corrected chi connectivity index (χ0v) is 10.7. The van der Waals surface area contributed by atoms with Crippen LogP contribution in [0.4, 0.5) is 0 Å². The summed E-state index contributed by atoms with van der Waals surface area (Å²) in [6.45, 7) is 3.91. The van der Waals surface area contributed by atoms with Crippen molar-refractivity contribution in [3.05, 3.63) is 35.9 Å². The van der Waals surface area contributed by atoms with Crippen LogP contribution in [0, 0.1) is 0 Å². The summed E-state index contributed by atoms with van der Waals surface area (Å²) in [7, 11) is 0. The van der Waals surface area contributed by atoms with Gasteiger partial charge in [-0.25, -0.2) is 0 Å². The molecule has 1 aromatic carbocycles. The smallest absolute Gasteiger partial charge is 0.244 e. The van der Waals surface area contributed by atoms with Crippen LogP contribution in [-0.4, -0.2) is 24.9 Å². The van der Waals surface area contributed by atoms with Gasteiger partial charge in [-0.05, 0) is 19.4 Å². The van der Waals surface area contributed by atoms with E-state index in [0.29, 0.717) is 12.1 Å². The van der Waals surface area contributed by atoms with Gasteiger partial charge in [-0.2, -0.15) is 0 Å². The van der Waals surface area contributed by atoms with Crippen molar-refractivity contribution < 1.29 is 9.59 Å². The van der Waals surface area contributed by atoms with Gasteiger partial charge in [0.15, 0.2) is 0 Å². The highest BCUT2D eigenvalue weighted by Gasteiger charge is 2.30. The Hall–Kier alpha value is -1.88. The Balaban J connectivity index is 2.63. The molecule has 0 aliphatic rings. The molecular formula is C13H19N3O2. The summed E-state index contributed by atoms with van der Waals surface area (Å²) in [5.74, 6) is -0.602. The Morgan fingerprint density at radius 3 is 2.39 bits per heavy atom. The Labute approximate surface area is 107 Å². The molecule has 2 amide bonds. The number of benzene rings is 1. The molecule has 1 aromatic rings. The van der Waals surface area contributed by atoms with Gasteiger partial charge in [0.2, 0.25) is 11.8 Å². The van der Waals surface area contributed by atoms with E-state index in [0.717, 1.165) is 0 Å². The summed E-state index contributed by atoms with van der Waals surface area (Å²) in [5.41, 5.74) is 5.56. The minimum Gasteiger partial charge on any atom is -0.355 e. The third-order valence-corrected chi connectivity index (χ3v) is 2.63. The quantitative estimate of drug-likeness (QED) is 0.692. The van der Waals surface area contributed by atoms with Gasteiger partial charge in [-0.3, -0.25) is 9.59 Å². The van der Waals surface area contributed by atoms with Crippen molar-refractivity contribution >= 4 is 11.8 Å². The van der Waals surface area contributed by atoms with Crippen molar-refractivity contribution in [2.24, 2.45) is 5.73 Å². The molecule has 0 aliphatic carbocycles. The zero-order chi connectivity index (χ0) is 13.6. The maximum atomic E-state index is 12.0. The van der Waals surface area contributed by atoms with Crippen molar-refractivity contribution in [2.45, 2.75) is 19.4 Å². The van der Waals surface area contributed by atoms with Gasteiger partial charge in [-0.15, -0.1) is 0 Å². The highest BCUT2D eigenvalue weighted by molar-refractivity contribution is 5.90. The second kappa shape index (κ2) is 6.16. The first kappa shape index (κ1) is 14.2. The average molecular weight is 249 g/mol. The highest BCUT2D eigenvalue weighted by Crippen LogP contribution is 2.16. The Kier molecular flexibility index (Phi) is 4.85. The molecule has 0 fully saturated rings. The fourth-order valence-corrected chi connectivity index (χ4v) is 1.52. The zero-order valence-electron chi connectivity index (χ0n) is 10.7. The van der Waals surface area contributed by atoms with Gasteiger partial charge in [0, 0.05) is 6.54 Å². The van der Waals surface area contributed by atoms with Crippen LogP contribution in [0.25, 0.3) is 0 Å². The number of hydrogen-bond donors (Lipinski definition) is 3. The van der Waals surface area contributed by atoms with Crippen LogP contribution in [0.2, 0.25) is 0 Å². The SMILES string of the molecule is CCNC(=O)CNC(=O)C(C)(N)c1ccccc1. The second-order valence-electron chi connectivity index (χ2n) is 4.20. The lowest BCUT2D eigenvalue weighted by molar-refractivity contribution is -0.129. The largest absolute Gasteiger partial charge is 0.355 e. The van der Waals surface area contributed by atoms with Crippen molar-refractivity contribution in [2.75, 3.05) is 13.1 Å². The summed E-state index contributed by atoms with van der Waals surface area (Å²) in [5, 5.41) is 5.13. The van der Waals surface area contributed by atoms with E-state index in [1.165, 1.54) is 0 Å². The van der Waals surface area contributed by atoms with E-state index >= 15 is 0 Å². The summed E-state index contributed by atoms with van der Waals surface area (Å²) in [6.07, 6.45) is 0. The lowest BCUT2D eigenvalue weighted by atomic mass is 9.92. The number of rotatable bonds is 5. The third kappa shape index (κ3) is 3.56. The van der Waals surface area contributed by atoms with E-state index in [1.54, 1.807) is 19.1 Å². The molecule has 0 aromatic heterocycles. The number of nitrogens with one attached hydrogen (secondary N) is 2. The van der Waals surface area contributed by atoms with E-state index in [1.807, 2.05) is 25.1 Å². The second-order valence-corrected chi connectivity index (χ2v) is 4.20. The van der Waals surface area contributed by atoms with E-state index < -0.39 is 5.54 Å². The molecule has 5 heteroatoms. The molecule has 0 heterocycles. The number of carbonyl (C=O) groups is 2. The number of amides is 2. The van der Waals surface area contributed by atoms with E-state index in [9.17, 15) is 9.59 Å². The molecule has 1 atom stereocenters. The van der Waals surface area contributed by atoms with Gasteiger partial charge in [-0.1, -0.05) is 30.3 Å². The lowest BCUT2D eigenvalue weighted by Gasteiger charge is -2.23. The first-order valence-electron chi connectivity index (χ1n) is 5.88. The monoisotopic (exact) mass is 249 g/mol. The Morgan fingerprint density at radius 1 is 1.22 bits per heavy atom. The van der Waals surface area contributed by atoms with Gasteiger partial charge < -0.3 is 16.4 Å². The summed E-state index contributed by atoms with van der Waals surface area (Å²) >= 11 is 0. The fraction of sp³-hybridized carbons (Fsp3) is 0.385. The number of hydrogen-bond acceptors (Lipinski definition) is 3. The minimum atomic E-state index is -1.15. The van der Waals surface area contributed by atoms with Crippen LogP contribution in [-0.2, 0) is 15.1 Å². The molecule has 4 N–H and O–H groups in total. The van der Waals surface area contributed by atoms with Crippen molar-refractivity contribution in [3.8, 4) is 0 Å². The number of carbonyl (C=O) groups excluding carboxylic acids is 2. The molecule has 98 valence electrons. The van der Waals surface area contributed by atoms with Crippen molar-refractivity contribution in [3.63, 3.8) is 0 Å². The summed E-state index contributed by atoms with van der Waals surface area (Å²) in [6, 6.07) is 9.05. The maximum absolute atomic E-state index is 12.0. The van der Waals surface area contributed by atoms with E-state index in [2.05, 4.69) is 10.6 Å². The standard InChI is InChI=1S/C13H19N3O2/c1-3-15-11(17)9-16-12(18)13(2,14)10-7-5-4-6-8-10/h4-8H,3,9,14H2,1-2H3,(H,15,17)(H,16,18). The first-order chi connectivity index (χ1) is 8.48. The lowest BCUT2D eigenvalue weighted by Crippen LogP contribution is -2.51. The van der Waals surface area contributed by atoms with Crippen LogP contribution in [0.3, 0.4) is 0 Å². The summed E-state index contributed by atoms with van der Waals surface area (Å²) in [4.78, 5) is 23.2. The average Bonchev–Trinajstić information content (AvgIpc) is 2.37. The Bertz CT molecular complexity index is 416. The van der Waals surface area contributed by atoms with Gasteiger partial charge in [0.25, 0.3) is 0 Å². The van der Waals surface area contributed by atoms with E-state index in [-0.39, 0.29) is 18.4 Å². The van der Waals surface area contributed by atoms with Crippen molar-refractivity contribution in [1.29, 1.82) is 0 Å². The molecule has 0 aliphatic heterocycles. The first-order valence-corrected chi connectivity index (χ1v) is 5.88. The fourth-order valence-electron chi connectivity index (χ4n) is 1.52. The van der Waals surface area contributed by atoms with Gasteiger partial charge in [0.05, 0.1) is 6.54 Å². The van der Waals surface area contributed by atoms with Crippen LogP contribution < -0.4 is 16.4 Å². The predicted molar refractivity (Wildman–Crippen MR) is 69.7 cm³/mol. The number of likely N-dealkylation sites (N-methyl/N-ethyl adjacent to an activating group) is 1. The maximum Gasteiger partial charge on any atom is 0.244 e. The topological polar surface area (TPSA) is 84.2 Å². The molecule has 0 saturated heterocycles. The van der Waals surface area contributed by atoms with Crippen LogP contribution in [0.15, 0.2) is 30.3 Å². The molecule has 5 nitrogen and oxygen atoms in total.